The van der Waals surface area contributed by atoms with Gasteiger partial charge in [0.25, 0.3) is 0 Å². The molecule has 1 aliphatic rings. The summed E-state index contributed by atoms with van der Waals surface area (Å²) < 4.78 is 11.2. The van der Waals surface area contributed by atoms with Gasteiger partial charge in [-0.25, -0.2) is 0 Å². The first-order valence-electron chi connectivity index (χ1n) is 6.20. The molecule has 2 N–H and O–H groups in total. The SMILES string of the molecule is CC(C)(C)NCC1(O)COc2ccccc2OC1.Cl. The lowest BCUT2D eigenvalue weighted by Crippen LogP contribution is -2.53. The third-order valence-corrected chi connectivity index (χ3v) is 2.79. The zero-order valence-corrected chi connectivity index (χ0v) is 12.4. The largest absolute Gasteiger partial charge is 0.487 e. The van der Waals surface area contributed by atoms with Crippen molar-refractivity contribution >= 4 is 12.4 Å². The molecule has 0 saturated carbocycles. The van der Waals surface area contributed by atoms with E-state index in [1.807, 2.05) is 24.3 Å². The number of rotatable bonds is 2. The molecule has 1 aromatic carbocycles. The van der Waals surface area contributed by atoms with Crippen LogP contribution in [0, 0.1) is 0 Å². The Morgan fingerprint density at radius 2 is 1.63 bits per heavy atom. The van der Waals surface area contributed by atoms with Gasteiger partial charge >= 0.3 is 0 Å². The average molecular weight is 288 g/mol. The van der Waals surface area contributed by atoms with Crippen molar-refractivity contribution in [1.29, 1.82) is 0 Å². The maximum absolute atomic E-state index is 10.5. The molecule has 2 rings (SSSR count). The Morgan fingerprint density at radius 1 is 1.16 bits per heavy atom. The lowest BCUT2D eigenvalue weighted by atomic mass is 10.0. The van der Waals surface area contributed by atoms with E-state index in [1.165, 1.54) is 0 Å². The van der Waals surface area contributed by atoms with Gasteiger partial charge in [0, 0.05) is 12.1 Å². The minimum absolute atomic E-state index is 0. The monoisotopic (exact) mass is 287 g/mol. The first-order chi connectivity index (χ1) is 8.38. The van der Waals surface area contributed by atoms with Gasteiger partial charge in [-0.3, -0.25) is 0 Å². The molecular weight excluding hydrogens is 266 g/mol. The second kappa shape index (κ2) is 5.99. The van der Waals surface area contributed by atoms with Crippen molar-refractivity contribution in [1.82, 2.24) is 5.32 Å². The second-order valence-corrected chi connectivity index (χ2v) is 5.85. The summed E-state index contributed by atoms with van der Waals surface area (Å²) in [7, 11) is 0. The Kier molecular flexibility index (Phi) is 5.07. The van der Waals surface area contributed by atoms with Crippen LogP contribution in [-0.4, -0.2) is 36.0 Å². The summed E-state index contributed by atoms with van der Waals surface area (Å²) in [5, 5.41) is 13.8. The van der Waals surface area contributed by atoms with Crippen LogP contribution in [0.15, 0.2) is 24.3 Å². The molecule has 0 radical (unpaired) electrons. The molecule has 108 valence electrons. The highest BCUT2D eigenvalue weighted by molar-refractivity contribution is 5.85. The Bertz CT molecular complexity index is 390. The normalized spacial score (nSPS) is 17.3. The highest BCUT2D eigenvalue weighted by atomic mass is 35.5. The fourth-order valence-corrected chi connectivity index (χ4v) is 1.69. The summed E-state index contributed by atoms with van der Waals surface area (Å²) in [5.74, 6) is 1.37. The zero-order chi connectivity index (χ0) is 13.2. The number of aliphatic hydroxyl groups is 1. The van der Waals surface area contributed by atoms with Crippen LogP contribution in [0.4, 0.5) is 0 Å². The van der Waals surface area contributed by atoms with Crippen LogP contribution in [0.2, 0.25) is 0 Å². The van der Waals surface area contributed by atoms with Crippen molar-refractivity contribution in [2.24, 2.45) is 0 Å². The molecule has 1 aliphatic heterocycles. The summed E-state index contributed by atoms with van der Waals surface area (Å²) in [6.45, 7) is 7.07. The second-order valence-electron chi connectivity index (χ2n) is 5.85. The fraction of sp³-hybridized carbons (Fsp3) is 0.571. The Hall–Kier alpha value is -0.970. The summed E-state index contributed by atoms with van der Waals surface area (Å²) in [6, 6.07) is 7.47. The number of halogens is 1. The van der Waals surface area contributed by atoms with Gasteiger partial charge in [-0.15, -0.1) is 12.4 Å². The quantitative estimate of drug-likeness (QED) is 0.874. The van der Waals surface area contributed by atoms with Gasteiger partial charge < -0.3 is 19.9 Å². The van der Waals surface area contributed by atoms with E-state index < -0.39 is 5.60 Å². The number of β-amino-alcohol motifs (C(OH)–C–C–N with tert-alkyl or cyclic N) is 1. The third kappa shape index (κ3) is 4.56. The standard InChI is InChI=1S/C14H21NO3.ClH/c1-13(2,3)15-8-14(16)9-17-11-6-4-5-7-12(11)18-10-14;/h4-7,15-16H,8-10H2,1-3H3;1H. The number of nitrogens with one attached hydrogen (secondary N) is 1. The van der Waals surface area contributed by atoms with Crippen LogP contribution >= 0.6 is 12.4 Å². The fourth-order valence-electron chi connectivity index (χ4n) is 1.69. The minimum Gasteiger partial charge on any atom is -0.487 e. The van der Waals surface area contributed by atoms with E-state index in [4.69, 9.17) is 9.47 Å². The Labute approximate surface area is 120 Å². The average Bonchev–Trinajstić information content (AvgIpc) is 2.48. The van der Waals surface area contributed by atoms with Crippen molar-refractivity contribution in [2.45, 2.75) is 31.9 Å². The van der Waals surface area contributed by atoms with Crippen LogP contribution in [0.3, 0.4) is 0 Å². The van der Waals surface area contributed by atoms with Crippen LogP contribution in [0.1, 0.15) is 20.8 Å². The Balaban J connectivity index is 0.00000180. The summed E-state index contributed by atoms with van der Waals surface area (Å²) >= 11 is 0. The molecule has 0 aliphatic carbocycles. The highest BCUT2D eigenvalue weighted by Gasteiger charge is 2.33. The number of fused-ring (bicyclic) bond motifs is 1. The molecule has 0 atom stereocenters. The lowest BCUT2D eigenvalue weighted by Gasteiger charge is -2.30. The van der Waals surface area contributed by atoms with Gasteiger partial charge in [0.1, 0.15) is 18.8 Å². The number of hydrogen-bond acceptors (Lipinski definition) is 4. The summed E-state index contributed by atoms with van der Waals surface area (Å²) in [6.07, 6.45) is 0. The van der Waals surface area contributed by atoms with E-state index in [0.717, 1.165) is 0 Å². The van der Waals surface area contributed by atoms with Gasteiger partial charge in [0.05, 0.1) is 0 Å². The maximum atomic E-state index is 10.5. The van der Waals surface area contributed by atoms with E-state index >= 15 is 0 Å². The van der Waals surface area contributed by atoms with Crippen molar-refractivity contribution in [3.05, 3.63) is 24.3 Å². The molecule has 0 fully saturated rings. The van der Waals surface area contributed by atoms with E-state index in [-0.39, 0.29) is 31.2 Å². The first kappa shape index (κ1) is 16.1. The molecule has 0 spiro atoms. The maximum Gasteiger partial charge on any atom is 0.161 e. The van der Waals surface area contributed by atoms with Crippen LogP contribution in [0.5, 0.6) is 11.5 Å². The Morgan fingerprint density at radius 3 is 2.05 bits per heavy atom. The van der Waals surface area contributed by atoms with Crippen molar-refractivity contribution in [3.8, 4) is 11.5 Å². The van der Waals surface area contributed by atoms with Crippen LogP contribution in [-0.2, 0) is 0 Å². The first-order valence-corrected chi connectivity index (χ1v) is 6.20. The lowest BCUT2D eigenvalue weighted by molar-refractivity contribution is -0.0303. The van der Waals surface area contributed by atoms with E-state index in [2.05, 4.69) is 26.1 Å². The molecule has 1 heterocycles. The van der Waals surface area contributed by atoms with Crippen molar-refractivity contribution < 1.29 is 14.6 Å². The summed E-state index contributed by atoms with van der Waals surface area (Å²) in [4.78, 5) is 0. The van der Waals surface area contributed by atoms with Crippen molar-refractivity contribution in [2.75, 3.05) is 19.8 Å². The van der Waals surface area contributed by atoms with Gasteiger partial charge in [0.2, 0.25) is 0 Å². The topological polar surface area (TPSA) is 50.7 Å². The highest BCUT2D eigenvalue weighted by Crippen LogP contribution is 2.30. The van der Waals surface area contributed by atoms with Gasteiger partial charge in [-0.2, -0.15) is 0 Å². The smallest absolute Gasteiger partial charge is 0.161 e. The van der Waals surface area contributed by atoms with E-state index in [1.54, 1.807) is 0 Å². The molecule has 1 aromatic rings. The number of para-hydroxylation sites is 2. The third-order valence-electron chi connectivity index (χ3n) is 2.79. The molecule has 0 saturated heterocycles. The van der Waals surface area contributed by atoms with Crippen LogP contribution < -0.4 is 14.8 Å². The predicted octanol–water partition coefficient (Wildman–Crippen LogP) is 2.00. The molecule has 0 aromatic heterocycles. The number of ether oxygens (including phenoxy) is 2. The summed E-state index contributed by atoms with van der Waals surface area (Å²) in [5.41, 5.74) is -1.05. The van der Waals surface area contributed by atoms with Crippen molar-refractivity contribution in [3.63, 3.8) is 0 Å². The van der Waals surface area contributed by atoms with Crippen LogP contribution in [0.25, 0.3) is 0 Å². The zero-order valence-electron chi connectivity index (χ0n) is 11.6. The van der Waals surface area contributed by atoms with E-state index in [0.29, 0.717) is 18.0 Å². The van der Waals surface area contributed by atoms with Gasteiger partial charge in [0.15, 0.2) is 11.5 Å². The number of hydrogen-bond donors (Lipinski definition) is 2. The molecule has 19 heavy (non-hydrogen) atoms. The number of benzene rings is 1. The molecule has 0 amide bonds. The molecule has 0 unspecified atom stereocenters. The molecule has 4 nitrogen and oxygen atoms in total. The molecular formula is C14H22ClNO3. The minimum atomic E-state index is -1.01. The molecule has 0 bridgehead atoms. The predicted molar refractivity (Wildman–Crippen MR) is 77.4 cm³/mol. The molecule has 5 heteroatoms. The van der Waals surface area contributed by atoms with Gasteiger partial charge in [-0.1, -0.05) is 12.1 Å². The van der Waals surface area contributed by atoms with E-state index in [9.17, 15) is 5.11 Å². The van der Waals surface area contributed by atoms with Gasteiger partial charge in [-0.05, 0) is 32.9 Å².